The summed E-state index contributed by atoms with van der Waals surface area (Å²) in [6.07, 6.45) is 7.22. The van der Waals surface area contributed by atoms with Crippen LogP contribution in [0.25, 0.3) is 10.9 Å². The van der Waals surface area contributed by atoms with Crippen LogP contribution >= 0.6 is 0 Å². The van der Waals surface area contributed by atoms with Crippen molar-refractivity contribution in [2.45, 2.75) is 38.3 Å². The number of nitrogens with zero attached hydrogens (tertiary/aromatic N) is 1. The predicted octanol–water partition coefficient (Wildman–Crippen LogP) is 3.28. The maximum atomic E-state index is 5.64. The summed E-state index contributed by atoms with van der Waals surface area (Å²) in [4.78, 5) is 4.48. The third-order valence-corrected chi connectivity index (χ3v) is 3.94. The number of rotatable bonds is 6. The second-order valence-corrected chi connectivity index (χ2v) is 5.45. The number of benzene rings is 1. The number of ether oxygens (including phenoxy) is 1. The molecule has 1 atom stereocenters. The Balaban J connectivity index is 1.47. The first kappa shape index (κ1) is 13.5. The molecule has 0 radical (unpaired) electrons. The topological polar surface area (TPSA) is 34.2 Å². The molecule has 1 aromatic carbocycles. The van der Waals surface area contributed by atoms with Gasteiger partial charge in [0.05, 0.1) is 11.6 Å². The van der Waals surface area contributed by atoms with Gasteiger partial charge in [0.2, 0.25) is 0 Å². The van der Waals surface area contributed by atoms with Gasteiger partial charge in [0.15, 0.2) is 0 Å². The zero-order valence-corrected chi connectivity index (χ0v) is 11.8. The Morgan fingerprint density at radius 2 is 2.20 bits per heavy atom. The van der Waals surface area contributed by atoms with Gasteiger partial charge in [-0.05, 0) is 43.9 Å². The summed E-state index contributed by atoms with van der Waals surface area (Å²) >= 11 is 0. The van der Waals surface area contributed by atoms with Crippen LogP contribution in [-0.4, -0.2) is 24.2 Å². The van der Waals surface area contributed by atoms with Crippen molar-refractivity contribution in [2.75, 3.05) is 13.2 Å². The third-order valence-electron chi connectivity index (χ3n) is 3.94. The molecule has 3 heteroatoms. The van der Waals surface area contributed by atoms with Gasteiger partial charge >= 0.3 is 0 Å². The van der Waals surface area contributed by atoms with Gasteiger partial charge in [-0.3, -0.25) is 4.98 Å². The number of pyridine rings is 1. The molecule has 3 rings (SSSR count). The van der Waals surface area contributed by atoms with Crippen LogP contribution in [0.2, 0.25) is 0 Å². The van der Waals surface area contributed by atoms with Crippen LogP contribution in [0.1, 0.15) is 31.2 Å². The summed E-state index contributed by atoms with van der Waals surface area (Å²) in [6, 6.07) is 10.5. The minimum absolute atomic E-state index is 0.510. The molecule has 0 aliphatic carbocycles. The Labute approximate surface area is 120 Å². The lowest BCUT2D eigenvalue weighted by Crippen LogP contribution is -2.17. The maximum Gasteiger partial charge on any atom is 0.0746 e. The summed E-state index contributed by atoms with van der Waals surface area (Å²) < 4.78 is 5.64. The van der Waals surface area contributed by atoms with E-state index >= 15 is 0 Å². The summed E-state index contributed by atoms with van der Waals surface area (Å²) in [5.41, 5.74) is 2.39. The summed E-state index contributed by atoms with van der Waals surface area (Å²) in [6.45, 7) is 2.89. The molecule has 2 aromatic rings. The van der Waals surface area contributed by atoms with E-state index in [0.717, 1.165) is 25.2 Å². The van der Waals surface area contributed by atoms with E-state index in [0.29, 0.717) is 6.10 Å². The minimum atomic E-state index is 0.510. The van der Waals surface area contributed by atoms with Crippen LogP contribution in [-0.2, 0) is 11.3 Å². The lowest BCUT2D eigenvalue weighted by atomic mass is 10.1. The lowest BCUT2D eigenvalue weighted by molar-refractivity contribution is 0.102. The van der Waals surface area contributed by atoms with Gasteiger partial charge in [-0.1, -0.05) is 24.3 Å². The van der Waals surface area contributed by atoms with Gasteiger partial charge < -0.3 is 10.1 Å². The summed E-state index contributed by atoms with van der Waals surface area (Å²) in [7, 11) is 0. The zero-order chi connectivity index (χ0) is 13.6. The Kier molecular flexibility index (Phi) is 4.61. The zero-order valence-electron chi connectivity index (χ0n) is 11.8. The average Bonchev–Trinajstić information content (AvgIpc) is 3.00. The molecule has 3 nitrogen and oxygen atoms in total. The standard InChI is InChI=1S/C17H22N2O/c1-5-14-7-2-11-19-17(14)15(6-1)13-18-10-3-8-16-9-4-12-20-16/h1-2,5-7,11,16,18H,3-4,8-10,12-13H2. The molecular formula is C17H22N2O. The molecule has 1 aromatic heterocycles. The molecule has 0 bridgehead atoms. The molecule has 106 valence electrons. The molecule has 1 saturated heterocycles. The van der Waals surface area contributed by atoms with Crippen molar-refractivity contribution >= 4 is 10.9 Å². The van der Waals surface area contributed by atoms with Gasteiger partial charge in [0.1, 0.15) is 0 Å². The van der Waals surface area contributed by atoms with E-state index in [1.165, 1.54) is 36.6 Å². The highest BCUT2D eigenvalue weighted by atomic mass is 16.5. The van der Waals surface area contributed by atoms with Crippen LogP contribution in [0, 0.1) is 0 Å². The molecule has 1 N–H and O–H groups in total. The molecule has 2 heterocycles. The number of nitrogens with one attached hydrogen (secondary N) is 1. The van der Waals surface area contributed by atoms with E-state index in [-0.39, 0.29) is 0 Å². The molecule has 0 spiro atoms. The summed E-state index contributed by atoms with van der Waals surface area (Å²) in [5, 5.41) is 4.74. The third kappa shape index (κ3) is 3.35. The van der Waals surface area contributed by atoms with Crippen LogP contribution < -0.4 is 5.32 Å². The van der Waals surface area contributed by atoms with E-state index in [1.54, 1.807) is 0 Å². The van der Waals surface area contributed by atoms with Crippen molar-refractivity contribution in [3.63, 3.8) is 0 Å². The fourth-order valence-electron chi connectivity index (χ4n) is 2.86. The number of hydrogen-bond donors (Lipinski definition) is 1. The first-order valence-corrected chi connectivity index (χ1v) is 7.58. The quantitative estimate of drug-likeness (QED) is 0.818. The first-order chi connectivity index (χ1) is 9.93. The normalized spacial score (nSPS) is 18.7. The van der Waals surface area contributed by atoms with Crippen LogP contribution in [0.5, 0.6) is 0 Å². The summed E-state index contributed by atoms with van der Waals surface area (Å²) in [5.74, 6) is 0. The Bertz CT molecular complexity index is 544. The van der Waals surface area contributed by atoms with Crippen molar-refractivity contribution < 1.29 is 4.74 Å². The highest BCUT2D eigenvalue weighted by Crippen LogP contribution is 2.17. The fourth-order valence-corrected chi connectivity index (χ4v) is 2.86. The smallest absolute Gasteiger partial charge is 0.0746 e. The molecular weight excluding hydrogens is 248 g/mol. The lowest BCUT2D eigenvalue weighted by Gasteiger charge is -2.10. The highest BCUT2D eigenvalue weighted by Gasteiger charge is 2.14. The van der Waals surface area contributed by atoms with Crippen LogP contribution in [0.4, 0.5) is 0 Å². The van der Waals surface area contributed by atoms with Crippen molar-refractivity contribution in [3.8, 4) is 0 Å². The maximum absolute atomic E-state index is 5.64. The van der Waals surface area contributed by atoms with E-state index in [2.05, 4.69) is 34.6 Å². The van der Waals surface area contributed by atoms with Gasteiger partial charge in [-0.15, -0.1) is 0 Å². The molecule has 1 unspecified atom stereocenters. The second kappa shape index (κ2) is 6.82. The minimum Gasteiger partial charge on any atom is -0.378 e. The van der Waals surface area contributed by atoms with Gasteiger partial charge in [-0.2, -0.15) is 0 Å². The second-order valence-electron chi connectivity index (χ2n) is 5.45. The molecule has 1 fully saturated rings. The van der Waals surface area contributed by atoms with Crippen molar-refractivity contribution in [3.05, 3.63) is 42.1 Å². The van der Waals surface area contributed by atoms with Gasteiger partial charge in [-0.25, -0.2) is 0 Å². The van der Waals surface area contributed by atoms with E-state index in [9.17, 15) is 0 Å². The molecule has 1 aliphatic heterocycles. The fraction of sp³-hybridized carbons (Fsp3) is 0.471. The van der Waals surface area contributed by atoms with Crippen molar-refractivity contribution in [2.24, 2.45) is 0 Å². The monoisotopic (exact) mass is 270 g/mol. The molecule has 0 amide bonds. The number of fused-ring (bicyclic) bond motifs is 1. The van der Waals surface area contributed by atoms with E-state index in [4.69, 9.17) is 4.74 Å². The largest absolute Gasteiger partial charge is 0.378 e. The highest BCUT2D eigenvalue weighted by molar-refractivity contribution is 5.81. The molecule has 20 heavy (non-hydrogen) atoms. The number of para-hydroxylation sites is 1. The number of hydrogen-bond acceptors (Lipinski definition) is 3. The van der Waals surface area contributed by atoms with E-state index < -0.39 is 0 Å². The first-order valence-electron chi connectivity index (χ1n) is 7.58. The van der Waals surface area contributed by atoms with Gasteiger partial charge in [0, 0.05) is 24.7 Å². The average molecular weight is 270 g/mol. The Morgan fingerprint density at radius 3 is 3.10 bits per heavy atom. The molecule has 0 saturated carbocycles. The SMILES string of the molecule is c1cnc2c(CNCCCC3CCCO3)cccc2c1. The van der Waals surface area contributed by atoms with E-state index in [1.807, 2.05) is 12.3 Å². The predicted molar refractivity (Wildman–Crippen MR) is 81.7 cm³/mol. The van der Waals surface area contributed by atoms with Gasteiger partial charge in [0.25, 0.3) is 0 Å². The van der Waals surface area contributed by atoms with Crippen LogP contribution in [0.3, 0.4) is 0 Å². The Morgan fingerprint density at radius 1 is 1.25 bits per heavy atom. The van der Waals surface area contributed by atoms with Crippen molar-refractivity contribution in [1.29, 1.82) is 0 Å². The van der Waals surface area contributed by atoms with Crippen LogP contribution in [0.15, 0.2) is 36.5 Å². The Hall–Kier alpha value is -1.45. The number of aromatic nitrogens is 1. The van der Waals surface area contributed by atoms with Crippen molar-refractivity contribution in [1.82, 2.24) is 10.3 Å². The molecule has 1 aliphatic rings.